The molecule has 110 valence electrons. The van der Waals surface area contributed by atoms with E-state index >= 15 is 0 Å². The molecule has 0 saturated carbocycles. The minimum Gasteiger partial charge on any atom is -0.354 e. The van der Waals surface area contributed by atoms with Gasteiger partial charge in [0.2, 0.25) is 5.91 Å². The zero-order valence-electron chi connectivity index (χ0n) is 12.1. The van der Waals surface area contributed by atoms with Gasteiger partial charge in [-0.2, -0.15) is 0 Å². The third kappa shape index (κ3) is 3.13. The predicted molar refractivity (Wildman–Crippen MR) is 80.4 cm³/mol. The summed E-state index contributed by atoms with van der Waals surface area (Å²) in [5.41, 5.74) is 1.27. The summed E-state index contributed by atoms with van der Waals surface area (Å²) in [5.74, 6) is 0.677. The van der Waals surface area contributed by atoms with Gasteiger partial charge in [0.25, 0.3) is 0 Å². The molecule has 0 bridgehead atoms. The first-order chi connectivity index (χ1) is 9.84. The Bertz CT molecular complexity index is 410. The van der Waals surface area contributed by atoms with E-state index in [2.05, 4.69) is 33.8 Å². The molecule has 0 aromatic carbocycles. The zero-order chi connectivity index (χ0) is 13.8. The Labute approximate surface area is 121 Å². The standard InChI is InChI=1S/C16H25N3O/c20-16(17-8-5-11-19-9-3-4-10-19)15-14-7-2-1-6-13(14)12-18-15/h1-2,7,13,15,18H,3-6,8-12H2,(H,17,20). The van der Waals surface area contributed by atoms with Gasteiger partial charge in [0.05, 0.1) is 0 Å². The molecule has 2 atom stereocenters. The summed E-state index contributed by atoms with van der Waals surface area (Å²) in [6.45, 7) is 5.31. The first-order valence-electron chi connectivity index (χ1n) is 7.94. The number of hydrogen-bond acceptors (Lipinski definition) is 3. The maximum absolute atomic E-state index is 12.2. The summed E-state index contributed by atoms with van der Waals surface area (Å²) in [5, 5.41) is 6.44. The van der Waals surface area contributed by atoms with Crippen LogP contribution in [0.4, 0.5) is 0 Å². The van der Waals surface area contributed by atoms with E-state index < -0.39 is 0 Å². The van der Waals surface area contributed by atoms with Crippen LogP contribution in [0.15, 0.2) is 23.8 Å². The van der Waals surface area contributed by atoms with Crippen LogP contribution in [0.25, 0.3) is 0 Å². The average Bonchev–Trinajstić information content (AvgIpc) is 3.12. The molecular formula is C16H25N3O. The maximum Gasteiger partial charge on any atom is 0.241 e. The van der Waals surface area contributed by atoms with E-state index in [1.54, 1.807) is 0 Å². The fraction of sp³-hybridized carbons (Fsp3) is 0.688. The van der Waals surface area contributed by atoms with Gasteiger partial charge < -0.3 is 15.5 Å². The quantitative estimate of drug-likeness (QED) is 0.738. The van der Waals surface area contributed by atoms with Crippen LogP contribution in [0.5, 0.6) is 0 Å². The molecule has 2 heterocycles. The first kappa shape index (κ1) is 13.8. The Morgan fingerprint density at radius 1 is 1.40 bits per heavy atom. The van der Waals surface area contributed by atoms with Crippen molar-refractivity contribution in [3.05, 3.63) is 23.8 Å². The fourth-order valence-corrected chi connectivity index (χ4v) is 3.47. The highest BCUT2D eigenvalue weighted by Gasteiger charge is 2.34. The Balaban J connectivity index is 1.40. The molecule has 2 aliphatic heterocycles. The van der Waals surface area contributed by atoms with Crippen molar-refractivity contribution in [2.45, 2.75) is 31.7 Å². The van der Waals surface area contributed by atoms with E-state index in [1.807, 2.05) is 0 Å². The van der Waals surface area contributed by atoms with Gasteiger partial charge in [0, 0.05) is 13.1 Å². The maximum atomic E-state index is 12.2. The molecule has 1 amide bonds. The van der Waals surface area contributed by atoms with Crippen LogP contribution in [-0.4, -0.2) is 49.6 Å². The second-order valence-corrected chi connectivity index (χ2v) is 6.06. The topological polar surface area (TPSA) is 44.4 Å². The van der Waals surface area contributed by atoms with Gasteiger partial charge in [-0.05, 0) is 56.8 Å². The molecule has 2 fully saturated rings. The number of carbonyl (C=O) groups excluding carboxylic acids is 1. The van der Waals surface area contributed by atoms with Gasteiger partial charge in [0.15, 0.2) is 0 Å². The van der Waals surface area contributed by atoms with Crippen LogP contribution in [0.2, 0.25) is 0 Å². The number of nitrogens with one attached hydrogen (secondary N) is 2. The third-order valence-electron chi connectivity index (χ3n) is 4.63. The van der Waals surface area contributed by atoms with Crippen molar-refractivity contribution in [3.63, 3.8) is 0 Å². The van der Waals surface area contributed by atoms with Gasteiger partial charge >= 0.3 is 0 Å². The smallest absolute Gasteiger partial charge is 0.241 e. The largest absolute Gasteiger partial charge is 0.354 e. The van der Waals surface area contributed by atoms with E-state index in [0.717, 1.165) is 32.5 Å². The van der Waals surface area contributed by atoms with Crippen molar-refractivity contribution in [1.82, 2.24) is 15.5 Å². The van der Waals surface area contributed by atoms with Crippen LogP contribution in [0.1, 0.15) is 25.7 Å². The lowest BCUT2D eigenvalue weighted by Gasteiger charge is -2.18. The number of fused-ring (bicyclic) bond motifs is 1. The van der Waals surface area contributed by atoms with E-state index in [1.165, 1.54) is 31.5 Å². The second-order valence-electron chi connectivity index (χ2n) is 6.06. The first-order valence-corrected chi connectivity index (χ1v) is 7.94. The van der Waals surface area contributed by atoms with E-state index in [4.69, 9.17) is 0 Å². The van der Waals surface area contributed by atoms with Gasteiger partial charge in [0.1, 0.15) is 6.04 Å². The molecule has 4 nitrogen and oxygen atoms in total. The van der Waals surface area contributed by atoms with Crippen molar-refractivity contribution in [1.29, 1.82) is 0 Å². The molecule has 0 spiro atoms. The Morgan fingerprint density at radius 3 is 3.10 bits per heavy atom. The van der Waals surface area contributed by atoms with Crippen molar-refractivity contribution in [2.75, 3.05) is 32.7 Å². The van der Waals surface area contributed by atoms with Crippen LogP contribution < -0.4 is 10.6 Å². The van der Waals surface area contributed by atoms with Crippen LogP contribution >= 0.6 is 0 Å². The summed E-state index contributed by atoms with van der Waals surface area (Å²) in [7, 11) is 0. The number of likely N-dealkylation sites (tertiary alicyclic amines) is 1. The summed E-state index contributed by atoms with van der Waals surface area (Å²) in [6.07, 6.45) is 11.2. The Hall–Kier alpha value is -1.13. The summed E-state index contributed by atoms with van der Waals surface area (Å²) >= 11 is 0. The van der Waals surface area contributed by atoms with Gasteiger partial charge in [-0.1, -0.05) is 18.2 Å². The minimum atomic E-state index is -0.100. The molecule has 0 radical (unpaired) electrons. The zero-order valence-corrected chi connectivity index (χ0v) is 12.1. The number of carbonyl (C=O) groups is 1. The lowest BCUT2D eigenvalue weighted by Crippen LogP contribution is -2.42. The van der Waals surface area contributed by atoms with Gasteiger partial charge in [-0.15, -0.1) is 0 Å². The molecule has 4 heteroatoms. The summed E-state index contributed by atoms with van der Waals surface area (Å²) in [6, 6.07) is -0.100. The van der Waals surface area contributed by atoms with Crippen molar-refractivity contribution < 1.29 is 4.79 Å². The molecular weight excluding hydrogens is 250 g/mol. The molecule has 2 unspecified atom stereocenters. The molecule has 2 N–H and O–H groups in total. The Morgan fingerprint density at radius 2 is 2.25 bits per heavy atom. The molecule has 0 aromatic heterocycles. The number of rotatable bonds is 5. The highest BCUT2D eigenvalue weighted by atomic mass is 16.2. The SMILES string of the molecule is O=C(NCCCN1CCCC1)C1NCC2CC=CC=C21. The highest BCUT2D eigenvalue weighted by molar-refractivity contribution is 5.86. The molecule has 0 aromatic rings. The van der Waals surface area contributed by atoms with Crippen LogP contribution in [0, 0.1) is 5.92 Å². The monoisotopic (exact) mass is 275 g/mol. The molecule has 3 rings (SSSR count). The van der Waals surface area contributed by atoms with Gasteiger partial charge in [-0.25, -0.2) is 0 Å². The molecule has 20 heavy (non-hydrogen) atoms. The highest BCUT2D eigenvalue weighted by Crippen LogP contribution is 2.28. The van der Waals surface area contributed by atoms with Crippen molar-refractivity contribution >= 4 is 5.91 Å². The Kier molecular flexibility index (Phi) is 4.53. The minimum absolute atomic E-state index is 0.100. The van der Waals surface area contributed by atoms with Crippen molar-refractivity contribution in [2.24, 2.45) is 5.92 Å². The average molecular weight is 275 g/mol. The van der Waals surface area contributed by atoms with Crippen LogP contribution in [-0.2, 0) is 4.79 Å². The summed E-state index contributed by atoms with van der Waals surface area (Å²) < 4.78 is 0. The fourth-order valence-electron chi connectivity index (χ4n) is 3.47. The molecule has 2 saturated heterocycles. The molecule has 1 aliphatic carbocycles. The number of amides is 1. The molecule has 3 aliphatic rings. The van der Waals surface area contributed by atoms with Crippen LogP contribution in [0.3, 0.4) is 0 Å². The number of nitrogens with zero attached hydrogens (tertiary/aromatic N) is 1. The number of hydrogen-bond donors (Lipinski definition) is 2. The second kappa shape index (κ2) is 6.55. The lowest BCUT2D eigenvalue weighted by atomic mass is 9.91. The lowest BCUT2D eigenvalue weighted by molar-refractivity contribution is -0.122. The summed E-state index contributed by atoms with van der Waals surface area (Å²) in [4.78, 5) is 14.7. The number of allylic oxidation sites excluding steroid dienone is 3. The third-order valence-corrected chi connectivity index (χ3v) is 4.63. The van der Waals surface area contributed by atoms with Gasteiger partial charge in [-0.3, -0.25) is 4.79 Å². The van der Waals surface area contributed by atoms with E-state index in [0.29, 0.717) is 5.92 Å². The normalized spacial score (nSPS) is 29.3. The predicted octanol–water partition coefficient (Wildman–Crippen LogP) is 1.06. The van der Waals surface area contributed by atoms with E-state index in [9.17, 15) is 4.79 Å². The van der Waals surface area contributed by atoms with E-state index in [-0.39, 0.29) is 11.9 Å². The van der Waals surface area contributed by atoms with Crippen molar-refractivity contribution in [3.8, 4) is 0 Å².